The van der Waals surface area contributed by atoms with E-state index in [0.717, 1.165) is 0 Å². The Balaban J connectivity index is 3.21. The SMILES string of the molecule is COc1ccc(OC)c(/C(Cl)=N/O)c1. The van der Waals surface area contributed by atoms with Crippen LogP contribution in [0.4, 0.5) is 0 Å². The third-order valence-corrected chi connectivity index (χ3v) is 2.00. The summed E-state index contributed by atoms with van der Waals surface area (Å²) in [7, 11) is 3.04. The zero-order valence-electron chi connectivity index (χ0n) is 7.82. The molecular weight excluding hydrogens is 206 g/mol. The van der Waals surface area contributed by atoms with E-state index in [2.05, 4.69) is 5.16 Å². The molecule has 14 heavy (non-hydrogen) atoms. The fourth-order valence-electron chi connectivity index (χ4n) is 1.03. The number of ether oxygens (including phenoxy) is 2. The highest BCUT2D eigenvalue weighted by atomic mass is 35.5. The first kappa shape index (κ1) is 10.7. The third-order valence-electron chi connectivity index (χ3n) is 1.72. The van der Waals surface area contributed by atoms with Gasteiger partial charge >= 0.3 is 0 Å². The summed E-state index contributed by atoms with van der Waals surface area (Å²) in [5.74, 6) is 1.14. The van der Waals surface area contributed by atoms with Gasteiger partial charge in [-0.25, -0.2) is 0 Å². The molecule has 1 N–H and O–H groups in total. The first-order valence-electron chi connectivity index (χ1n) is 3.83. The number of hydrogen-bond donors (Lipinski definition) is 1. The zero-order valence-corrected chi connectivity index (χ0v) is 8.58. The van der Waals surface area contributed by atoms with Crippen molar-refractivity contribution in [3.8, 4) is 11.5 Å². The highest BCUT2D eigenvalue weighted by Gasteiger charge is 2.09. The van der Waals surface area contributed by atoms with Crippen molar-refractivity contribution >= 4 is 16.8 Å². The van der Waals surface area contributed by atoms with Gasteiger partial charge in [-0.3, -0.25) is 0 Å². The minimum Gasteiger partial charge on any atom is -0.497 e. The number of hydrogen-bond acceptors (Lipinski definition) is 4. The van der Waals surface area contributed by atoms with E-state index >= 15 is 0 Å². The Hall–Kier alpha value is -1.42. The molecule has 0 aromatic heterocycles. The van der Waals surface area contributed by atoms with Crippen molar-refractivity contribution in [2.24, 2.45) is 5.16 Å². The van der Waals surface area contributed by atoms with E-state index in [1.54, 1.807) is 18.2 Å². The lowest BCUT2D eigenvalue weighted by Crippen LogP contribution is -1.97. The van der Waals surface area contributed by atoms with Crippen LogP contribution < -0.4 is 9.47 Å². The van der Waals surface area contributed by atoms with Gasteiger partial charge in [0.25, 0.3) is 0 Å². The number of nitrogens with zero attached hydrogens (tertiary/aromatic N) is 1. The molecule has 0 saturated heterocycles. The molecule has 0 aliphatic heterocycles. The van der Waals surface area contributed by atoms with Crippen LogP contribution in [0.3, 0.4) is 0 Å². The Kier molecular flexibility index (Phi) is 3.59. The molecule has 1 aromatic rings. The summed E-state index contributed by atoms with van der Waals surface area (Å²) in [5.41, 5.74) is 0.482. The van der Waals surface area contributed by atoms with Gasteiger partial charge in [0, 0.05) is 0 Å². The van der Waals surface area contributed by atoms with Crippen LogP contribution in [0.1, 0.15) is 5.56 Å². The van der Waals surface area contributed by atoms with Crippen LogP contribution in [0.5, 0.6) is 11.5 Å². The molecule has 0 heterocycles. The number of oxime groups is 1. The van der Waals surface area contributed by atoms with E-state index in [1.165, 1.54) is 14.2 Å². The van der Waals surface area contributed by atoms with Crippen LogP contribution in [0.15, 0.2) is 23.4 Å². The van der Waals surface area contributed by atoms with Gasteiger partial charge in [0.05, 0.1) is 19.8 Å². The second-order valence-corrected chi connectivity index (χ2v) is 2.82. The maximum absolute atomic E-state index is 8.53. The minimum absolute atomic E-state index is 0.0410. The first-order valence-corrected chi connectivity index (χ1v) is 4.20. The van der Waals surface area contributed by atoms with Crippen LogP contribution in [0.2, 0.25) is 0 Å². The van der Waals surface area contributed by atoms with Crippen LogP contribution >= 0.6 is 11.6 Å². The Labute approximate surface area is 86.7 Å². The molecule has 0 fully saturated rings. The van der Waals surface area contributed by atoms with Crippen molar-refractivity contribution in [1.82, 2.24) is 0 Å². The van der Waals surface area contributed by atoms with Gasteiger partial charge in [-0.1, -0.05) is 16.8 Å². The van der Waals surface area contributed by atoms with E-state index in [9.17, 15) is 0 Å². The normalized spacial score (nSPS) is 11.2. The Morgan fingerprint density at radius 1 is 1.36 bits per heavy atom. The molecule has 0 aliphatic rings. The van der Waals surface area contributed by atoms with Gasteiger partial charge in [0.15, 0.2) is 5.17 Å². The lowest BCUT2D eigenvalue weighted by atomic mass is 10.2. The Morgan fingerprint density at radius 3 is 2.57 bits per heavy atom. The van der Waals surface area contributed by atoms with Crippen molar-refractivity contribution in [2.75, 3.05) is 14.2 Å². The molecule has 0 unspecified atom stereocenters. The molecule has 0 atom stereocenters. The standard InChI is InChI=1S/C9H10ClNO3/c1-13-6-3-4-8(14-2)7(5-6)9(10)11-12/h3-5,12H,1-2H3/b11-9-. The molecule has 0 spiro atoms. The fourth-order valence-corrected chi connectivity index (χ4v) is 1.18. The summed E-state index contributed by atoms with van der Waals surface area (Å²) in [6.07, 6.45) is 0. The van der Waals surface area contributed by atoms with Crippen LogP contribution in [-0.4, -0.2) is 24.6 Å². The topological polar surface area (TPSA) is 51.0 Å². The largest absolute Gasteiger partial charge is 0.497 e. The molecular formula is C9H10ClNO3. The maximum atomic E-state index is 8.53. The summed E-state index contributed by atoms with van der Waals surface area (Å²) in [6.45, 7) is 0. The zero-order chi connectivity index (χ0) is 10.6. The molecule has 0 saturated carbocycles. The monoisotopic (exact) mass is 215 g/mol. The van der Waals surface area contributed by atoms with Gasteiger partial charge in [-0.2, -0.15) is 0 Å². The number of rotatable bonds is 3. The highest BCUT2D eigenvalue weighted by molar-refractivity contribution is 6.69. The number of benzene rings is 1. The van der Waals surface area contributed by atoms with Gasteiger partial charge < -0.3 is 14.7 Å². The van der Waals surface area contributed by atoms with Gasteiger partial charge in [-0.15, -0.1) is 0 Å². The van der Waals surface area contributed by atoms with Crippen LogP contribution in [0, 0.1) is 0 Å². The molecule has 1 rings (SSSR count). The fraction of sp³-hybridized carbons (Fsp3) is 0.222. The molecule has 5 heteroatoms. The molecule has 0 aliphatic carbocycles. The highest BCUT2D eigenvalue weighted by Crippen LogP contribution is 2.25. The van der Waals surface area contributed by atoms with Gasteiger partial charge in [0.2, 0.25) is 0 Å². The lowest BCUT2D eigenvalue weighted by Gasteiger charge is -2.07. The quantitative estimate of drug-likeness (QED) is 0.477. The molecule has 4 nitrogen and oxygen atoms in total. The molecule has 76 valence electrons. The van der Waals surface area contributed by atoms with E-state index in [-0.39, 0.29) is 5.17 Å². The average molecular weight is 216 g/mol. The summed E-state index contributed by atoms with van der Waals surface area (Å²) < 4.78 is 10.0. The summed E-state index contributed by atoms with van der Waals surface area (Å²) >= 11 is 5.67. The average Bonchev–Trinajstić information content (AvgIpc) is 2.27. The van der Waals surface area contributed by atoms with E-state index in [4.69, 9.17) is 26.3 Å². The maximum Gasteiger partial charge on any atom is 0.179 e. The van der Waals surface area contributed by atoms with Crippen LogP contribution in [0.25, 0.3) is 0 Å². The molecule has 0 radical (unpaired) electrons. The van der Waals surface area contributed by atoms with E-state index in [1.807, 2.05) is 0 Å². The van der Waals surface area contributed by atoms with Crippen molar-refractivity contribution in [1.29, 1.82) is 0 Å². The molecule has 0 bridgehead atoms. The van der Waals surface area contributed by atoms with E-state index in [0.29, 0.717) is 17.1 Å². The first-order chi connectivity index (χ1) is 6.72. The van der Waals surface area contributed by atoms with E-state index < -0.39 is 0 Å². The van der Waals surface area contributed by atoms with Gasteiger partial charge in [-0.05, 0) is 18.2 Å². The Morgan fingerprint density at radius 2 is 2.07 bits per heavy atom. The lowest BCUT2D eigenvalue weighted by molar-refractivity contribution is 0.320. The van der Waals surface area contributed by atoms with Crippen molar-refractivity contribution in [3.05, 3.63) is 23.8 Å². The van der Waals surface area contributed by atoms with Crippen molar-refractivity contribution in [3.63, 3.8) is 0 Å². The summed E-state index contributed by atoms with van der Waals surface area (Å²) in [4.78, 5) is 0. The molecule has 1 aromatic carbocycles. The smallest absolute Gasteiger partial charge is 0.179 e. The Bertz CT molecular complexity index is 352. The summed E-state index contributed by atoms with van der Waals surface area (Å²) in [5, 5.41) is 11.4. The predicted molar refractivity (Wildman–Crippen MR) is 53.7 cm³/mol. The van der Waals surface area contributed by atoms with Crippen molar-refractivity contribution < 1.29 is 14.7 Å². The van der Waals surface area contributed by atoms with Crippen LogP contribution in [-0.2, 0) is 0 Å². The second-order valence-electron chi connectivity index (χ2n) is 2.46. The molecule has 0 amide bonds. The van der Waals surface area contributed by atoms with Crippen molar-refractivity contribution in [2.45, 2.75) is 0 Å². The number of halogens is 1. The minimum atomic E-state index is -0.0410. The third kappa shape index (κ3) is 2.09. The second kappa shape index (κ2) is 4.72. The predicted octanol–water partition coefficient (Wildman–Crippen LogP) is 2.08. The number of methoxy groups -OCH3 is 2. The van der Waals surface area contributed by atoms with Gasteiger partial charge in [0.1, 0.15) is 11.5 Å². The summed E-state index contributed by atoms with van der Waals surface area (Å²) in [6, 6.07) is 5.03.